The number of nitrogens with one attached hydrogen (secondary N) is 1. The summed E-state index contributed by atoms with van der Waals surface area (Å²) in [5.74, 6) is 0.566. The lowest BCUT2D eigenvalue weighted by molar-refractivity contribution is -0.385. The van der Waals surface area contributed by atoms with Crippen LogP contribution in [0.25, 0.3) is 0 Å². The fraction of sp³-hybridized carbons (Fsp3) is 0.200. The van der Waals surface area contributed by atoms with E-state index in [-0.39, 0.29) is 5.69 Å². The molecule has 0 unspecified atom stereocenters. The van der Waals surface area contributed by atoms with Gasteiger partial charge >= 0.3 is 0 Å². The van der Waals surface area contributed by atoms with Gasteiger partial charge in [-0.05, 0) is 13.0 Å². The third kappa shape index (κ3) is 2.57. The third-order valence-corrected chi connectivity index (χ3v) is 2.20. The van der Waals surface area contributed by atoms with Gasteiger partial charge in [0.1, 0.15) is 23.5 Å². The average Bonchev–Trinajstić information content (AvgIpc) is 2.78. The van der Waals surface area contributed by atoms with Crippen LogP contribution in [-0.4, -0.2) is 15.1 Å². The first-order valence-electron chi connectivity index (χ1n) is 4.92. The van der Waals surface area contributed by atoms with Crippen molar-refractivity contribution >= 4 is 11.5 Å². The van der Waals surface area contributed by atoms with E-state index in [1.54, 1.807) is 19.1 Å². The van der Waals surface area contributed by atoms with Crippen molar-refractivity contribution in [3.05, 3.63) is 46.0 Å². The second kappa shape index (κ2) is 4.60. The van der Waals surface area contributed by atoms with E-state index in [2.05, 4.69) is 20.0 Å². The molecule has 0 spiro atoms. The minimum absolute atomic E-state index is 0.0111. The molecule has 0 aliphatic carbocycles. The molecule has 7 heteroatoms. The Morgan fingerprint density at radius 2 is 2.29 bits per heavy atom. The highest BCUT2D eigenvalue weighted by Gasteiger charge is 2.11. The standard InChI is InChI=1S/C10H10N4O3/c1-7-9(14(15)16)2-3-10(12-7)11-6-8-4-5-17-13-8/h2-5H,6H2,1H3,(H,11,12). The van der Waals surface area contributed by atoms with Gasteiger partial charge in [-0.2, -0.15) is 0 Å². The summed E-state index contributed by atoms with van der Waals surface area (Å²) in [5.41, 5.74) is 1.12. The molecule has 17 heavy (non-hydrogen) atoms. The zero-order valence-corrected chi connectivity index (χ0v) is 9.08. The number of hydrogen-bond donors (Lipinski definition) is 1. The first-order valence-corrected chi connectivity index (χ1v) is 4.92. The van der Waals surface area contributed by atoms with Crippen LogP contribution in [0.15, 0.2) is 29.0 Å². The zero-order valence-electron chi connectivity index (χ0n) is 9.08. The monoisotopic (exact) mass is 234 g/mol. The lowest BCUT2D eigenvalue weighted by atomic mass is 10.3. The Bertz CT molecular complexity index is 524. The summed E-state index contributed by atoms with van der Waals surface area (Å²) in [5, 5.41) is 17.3. The van der Waals surface area contributed by atoms with Crippen LogP contribution in [0.4, 0.5) is 11.5 Å². The number of anilines is 1. The van der Waals surface area contributed by atoms with E-state index in [0.29, 0.717) is 18.1 Å². The van der Waals surface area contributed by atoms with Gasteiger partial charge in [0.05, 0.1) is 11.5 Å². The van der Waals surface area contributed by atoms with Gasteiger partial charge in [-0.1, -0.05) is 5.16 Å². The topological polar surface area (TPSA) is 94.1 Å². The number of nitro groups is 1. The van der Waals surface area contributed by atoms with Gasteiger partial charge in [0, 0.05) is 12.1 Å². The minimum atomic E-state index is -0.455. The van der Waals surface area contributed by atoms with Gasteiger partial charge in [0.2, 0.25) is 0 Å². The fourth-order valence-corrected chi connectivity index (χ4v) is 1.35. The van der Waals surface area contributed by atoms with Crippen LogP contribution in [0.2, 0.25) is 0 Å². The molecular weight excluding hydrogens is 224 g/mol. The molecule has 2 heterocycles. The van der Waals surface area contributed by atoms with Gasteiger partial charge < -0.3 is 9.84 Å². The maximum Gasteiger partial charge on any atom is 0.290 e. The molecule has 2 rings (SSSR count). The predicted octanol–water partition coefficient (Wildman–Crippen LogP) is 1.90. The largest absolute Gasteiger partial charge is 0.364 e. The quantitative estimate of drug-likeness (QED) is 0.641. The number of aryl methyl sites for hydroxylation is 1. The second-order valence-corrected chi connectivity index (χ2v) is 3.40. The van der Waals surface area contributed by atoms with Crippen molar-refractivity contribution in [3.63, 3.8) is 0 Å². The van der Waals surface area contributed by atoms with Crippen molar-refractivity contribution in [2.75, 3.05) is 5.32 Å². The maximum atomic E-state index is 10.6. The van der Waals surface area contributed by atoms with Crippen LogP contribution in [0.3, 0.4) is 0 Å². The second-order valence-electron chi connectivity index (χ2n) is 3.40. The van der Waals surface area contributed by atoms with E-state index < -0.39 is 4.92 Å². The number of nitrogens with zero attached hydrogens (tertiary/aromatic N) is 3. The Labute approximate surface area is 96.6 Å². The molecule has 2 aromatic rings. The first-order chi connectivity index (χ1) is 8.16. The smallest absolute Gasteiger partial charge is 0.290 e. The van der Waals surface area contributed by atoms with Gasteiger partial charge in [0.15, 0.2) is 0 Å². The molecule has 0 radical (unpaired) electrons. The number of hydrogen-bond acceptors (Lipinski definition) is 6. The van der Waals surface area contributed by atoms with Crippen molar-refractivity contribution in [2.45, 2.75) is 13.5 Å². The van der Waals surface area contributed by atoms with Crippen LogP contribution < -0.4 is 5.32 Å². The first kappa shape index (κ1) is 11.1. The minimum Gasteiger partial charge on any atom is -0.364 e. The third-order valence-electron chi connectivity index (χ3n) is 2.20. The van der Waals surface area contributed by atoms with Crippen molar-refractivity contribution < 1.29 is 9.45 Å². The van der Waals surface area contributed by atoms with E-state index in [1.165, 1.54) is 12.3 Å². The van der Waals surface area contributed by atoms with Crippen LogP contribution in [-0.2, 0) is 6.54 Å². The molecule has 0 saturated carbocycles. The van der Waals surface area contributed by atoms with E-state index in [4.69, 9.17) is 0 Å². The van der Waals surface area contributed by atoms with Gasteiger partial charge in [0.25, 0.3) is 5.69 Å². The summed E-state index contributed by atoms with van der Waals surface area (Å²) in [7, 11) is 0. The Morgan fingerprint density at radius 1 is 1.47 bits per heavy atom. The summed E-state index contributed by atoms with van der Waals surface area (Å²) in [6.45, 7) is 2.06. The Balaban J connectivity index is 2.07. The van der Waals surface area contributed by atoms with Crippen LogP contribution in [0, 0.1) is 17.0 Å². The zero-order chi connectivity index (χ0) is 12.3. The summed E-state index contributed by atoms with van der Waals surface area (Å²) >= 11 is 0. The molecule has 0 aliphatic rings. The van der Waals surface area contributed by atoms with Crippen molar-refractivity contribution in [1.82, 2.24) is 10.1 Å². The number of rotatable bonds is 4. The SMILES string of the molecule is Cc1nc(NCc2ccon2)ccc1[N+](=O)[O-]. The molecule has 0 saturated heterocycles. The molecular formula is C10H10N4O3. The van der Waals surface area contributed by atoms with Gasteiger partial charge in [-0.25, -0.2) is 4.98 Å². The van der Waals surface area contributed by atoms with Crippen molar-refractivity contribution in [3.8, 4) is 0 Å². The van der Waals surface area contributed by atoms with Crippen LogP contribution in [0.5, 0.6) is 0 Å². The number of pyridine rings is 1. The van der Waals surface area contributed by atoms with Crippen molar-refractivity contribution in [2.24, 2.45) is 0 Å². The predicted molar refractivity (Wildman–Crippen MR) is 59.5 cm³/mol. The van der Waals surface area contributed by atoms with Gasteiger partial charge in [-0.15, -0.1) is 0 Å². The van der Waals surface area contributed by atoms with E-state index in [0.717, 1.165) is 5.69 Å². The molecule has 2 aromatic heterocycles. The summed E-state index contributed by atoms with van der Waals surface area (Å²) in [6.07, 6.45) is 1.48. The van der Waals surface area contributed by atoms with Crippen LogP contribution >= 0.6 is 0 Å². The molecule has 88 valence electrons. The summed E-state index contributed by atoms with van der Waals surface area (Å²) in [4.78, 5) is 14.2. The van der Waals surface area contributed by atoms with E-state index in [1.807, 2.05) is 0 Å². The average molecular weight is 234 g/mol. The molecule has 0 aromatic carbocycles. The number of aromatic nitrogens is 2. The highest BCUT2D eigenvalue weighted by atomic mass is 16.6. The highest BCUT2D eigenvalue weighted by molar-refractivity contribution is 5.44. The van der Waals surface area contributed by atoms with Gasteiger partial charge in [-0.3, -0.25) is 10.1 Å². The van der Waals surface area contributed by atoms with E-state index >= 15 is 0 Å². The lowest BCUT2D eigenvalue weighted by Crippen LogP contribution is -2.03. The maximum absolute atomic E-state index is 10.6. The Morgan fingerprint density at radius 3 is 2.88 bits per heavy atom. The lowest BCUT2D eigenvalue weighted by Gasteiger charge is -2.04. The molecule has 0 atom stereocenters. The van der Waals surface area contributed by atoms with Crippen molar-refractivity contribution in [1.29, 1.82) is 0 Å². The molecule has 7 nitrogen and oxygen atoms in total. The summed E-state index contributed by atoms with van der Waals surface area (Å²) in [6, 6.07) is 4.71. The molecule has 0 fully saturated rings. The highest BCUT2D eigenvalue weighted by Crippen LogP contribution is 2.17. The normalized spacial score (nSPS) is 10.2. The van der Waals surface area contributed by atoms with E-state index in [9.17, 15) is 10.1 Å². The molecule has 0 bridgehead atoms. The fourth-order valence-electron chi connectivity index (χ4n) is 1.35. The summed E-state index contributed by atoms with van der Waals surface area (Å²) < 4.78 is 4.68. The molecule has 0 aliphatic heterocycles. The molecule has 1 N–H and O–H groups in total. The van der Waals surface area contributed by atoms with Crippen LogP contribution in [0.1, 0.15) is 11.4 Å². The Kier molecular flexibility index (Phi) is 2.99. The Hall–Kier alpha value is -2.44. The molecule has 0 amide bonds.